The van der Waals surface area contributed by atoms with E-state index in [1.807, 2.05) is 78.9 Å². The van der Waals surface area contributed by atoms with Crippen LogP contribution in [-0.2, 0) is 6.42 Å². The van der Waals surface area contributed by atoms with Crippen molar-refractivity contribution in [1.82, 2.24) is 0 Å². The topological polar surface area (TPSA) is 29.1 Å². The van der Waals surface area contributed by atoms with Gasteiger partial charge in [0.1, 0.15) is 0 Å². The molecule has 24 heavy (non-hydrogen) atoms. The number of hydrogen-bond acceptors (Lipinski definition) is 2. The summed E-state index contributed by atoms with van der Waals surface area (Å²) in [5.74, 6) is 0.00459. The van der Waals surface area contributed by atoms with E-state index in [2.05, 4.69) is 17.4 Å². The summed E-state index contributed by atoms with van der Waals surface area (Å²) in [5.41, 5.74) is 3.70. The van der Waals surface area contributed by atoms with Gasteiger partial charge in [0.2, 0.25) is 0 Å². The molecular formula is C22H19NO. The van der Waals surface area contributed by atoms with E-state index < -0.39 is 0 Å². The number of benzene rings is 3. The maximum Gasteiger partial charge on any atom is 0.187 e. The van der Waals surface area contributed by atoms with Gasteiger partial charge in [-0.2, -0.15) is 0 Å². The van der Waals surface area contributed by atoms with E-state index >= 15 is 0 Å². The van der Waals surface area contributed by atoms with E-state index in [0.29, 0.717) is 12.0 Å². The first kappa shape index (κ1) is 15.8. The minimum atomic E-state index is 0.00459. The van der Waals surface area contributed by atoms with Crippen LogP contribution in [0.1, 0.15) is 15.9 Å². The van der Waals surface area contributed by atoms with Crippen molar-refractivity contribution >= 4 is 11.5 Å². The first-order valence-corrected chi connectivity index (χ1v) is 7.97. The van der Waals surface area contributed by atoms with Crippen LogP contribution in [0.5, 0.6) is 0 Å². The van der Waals surface area contributed by atoms with Gasteiger partial charge in [-0.15, -0.1) is 0 Å². The van der Waals surface area contributed by atoms with Crippen LogP contribution >= 0.6 is 0 Å². The van der Waals surface area contributed by atoms with Crippen LogP contribution in [0.3, 0.4) is 0 Å². The van der Waals surface area contributed by atoms with Crippen molar-refractivity contribution in [3.05, 3.63) is 114 Å². The Morgan fingerprint density at radius 1 is 0.750 bits per heavy atom. The van der Waals surface area contributed by atoms with Crippen LogP contribution in [0.25, 0.3) is 0 Å². The highest BCUT2D eigenvalue weighted by atomic mass is 16.1. The quantitative estimate of drug-likeness (QED) is 0.506. The second-order valence-electron chi connectivity index (χ2n) is 5.55. The van der Waals surface area contributed by atoms with Crippen molar-refractivity contribution in [3.63, 3.8) is 0 Å². The molecule has 3 rings (SSSR count). The lowest BCUT2D eigenvalue weighted by Crippen LogP contribution is -2.07. The number of carbonyl (C=O) groups is 1. The molecule has 0 heterocycles. The Labute approximate surface area is 142 Å². The molecule has 0 radical (unpaired) electrons. The average molecular weight is 313 g/mol. The molecule has 0 aromatic heterocycles. The third-order valence-corrected chi connectivity index (χ3v) is 3.68. The Morgan fingerprint density at radius 3 is 1.92 bits per heavy atom. The van der Waals surface area contributed by atoms with E-state index in [0.717, 1.165) is 16.9 Å². The second-order valence-corrected chi connectivity index (χ2v) is 5.55. The molecule has 0 saturated carbocycles. The maximum atomic E-state index is 12.5. The zero-order valence-corrected chi connectivity index (χ0v) is 13.4. The number of anilines is 1. The first-order chi connectivity index (χ1) is 11.8. The zero-order valence-electron chi connectivity index (χ0n) is 13.4. The highest BCUT2D eigenvalue weighted by Gasteiger charge is 2.06. The van der Waals surface area contributed by atoms with Gasteiger partial charge in [0.05, 0.1) is 0 Å². The minimum Gasteiger partial charge on any atom is -0.359 e. The minimum absolute atomic E-state index is 0.00459. The molecule has 0 bridgehead atoms. The van der Waals surface area contributed by atoms with Gasteiger partial charge < -0.3 is 5.32 Å². The molecule has 1 N–H and O–H groups in total. The fourth-order valence-electron chi connectivity index (χ4n) is 2.50. The van der Waals surface area contributed by atoms with Crippen molar-refractivity contribution < 1.29 is 4.79 Å². The molecule has 3 aromatic rings. The summed E-state index contributed by atoms with van der Waals surface area (Å²) in [6.45, 7) is 0. The highest BCUT2D eigenvalue weighted by Crippen LogP contribution is 2.15. The Bertz CT molecular complexity index is 765. The molecule has 0 aliphatic carbocycles. The van der Waals surface area contributed by atoms with Crippen LogP contribution in [0, 0.1) is 0 Å². The maximum absolute atomic E-state index is 12.5. The van der Waals surface area contributed by atoms with E-state index in [1.54, 1.807) is 6.08 Å². The standard InChI is InChI=1S/C22H19NO/c24-22(19-12-6-2-7-13-19)17-21(16-18-10-4-1-5-11-18)23-20-14-8-3-9-15-20/h1-15,17,23H,16H2/b21-17-. The predicted molar refractivity (Wildman–Crippen MR) is 99.1 cm³/mol. The lowest BCUT2D eigenvalue weighted by Gasteiger charge is -2.11. The molecule has 0 aliphatic rings. The summed E-state index contributed by atoms with van der Waals surface area (Å²) in [5, 5.41) is 3.37. The summed E-state index contributed by atoms with van der Waals surface area (Å²) in [6.07, 6.45) is 2.36. The summed E-state index contributed by atoms with van der Waals surface area (Å²) in [7, 11) is 0. The van der Waals surface area contributed by atoms with Crippen molar-refractivity contribution in [2.45, 2.75) is 6.42 Å². The smallest absolute Gasteiger partial charge is 0.187 e. The molecular weight excluding hydrogens is 294 g/mol. The molecule has 0 fully saturated rings. The molecule has 2 nitrogen and oxygen atoms in total. The SMILES string of the molecule is O=C(/C=C(/Cc1ccccc1)Nc1ccccc1)c1ccccc1. The number of carbonyl (C=O) groups excluding carboxylic acids is 1. The molecule has 3 aromatic carbocycles. The number of hydrogen-bond donors (Lipinski definition) is 1. The average Bonchev–Trinajstić information content (AvgIpc) is 2.64. The van der Waals surface area contributed by atoms with Crippen LogP contribution in [0.2, 0.25) is 0 Å². The number of ketones is 1. The van der Waals surface area contributed by atoms with Gasteiger partial charge in [0.25, 0.3) is 0 Å². The van der Waals surface area contributed by atoms with Crippen LogP contribution in [-0.4, -0.2) is 5.78 Å². The number of nitrogens with one attached hydrogen (secondary N) is 1. The molecule has 0 aliphatic heterocycles. The summed E-state index contributed by atoms with van der Waals surface area (Å²) >= 11 is 0. The molecule has 0 atom stereocenters. The number of allylic oxidation sites excluding steroid dienone is 2. The van der Waals surface area contributed by atoms with Gasteiger partial charge in [-0.3, -0.25) is 4.79 Å². The van der Waals surface area contributed by atoms with Crippen molar-refractivity contribution in [2.24, 2.45) is 0 Å². The highest BCUT2D eigenvalue weighted by molar-refractivity contribution is 6.05. The fourth-order valence-corrected chi connectivity index (χ4v) is 2.50. The third-order valence-electron chi connectivity index (χ3n) is 3.68. The molecule has 0 saturated heterocycles. The van der Waals surface area contributed by atoms with E-state index in [9.17, 15) is 4.79 Å². The van der Waals surface area contributed by atoms with Crippen LogP contribution < -0.4 is 5.32 Å². The second kappa shape index (κ2) is 7.93. The number of rotatable bonds is 6. The van der Waals surface area contributed by atoms with Crippen molar-refractivity contribution in [2.75, 3.05) is 5.32 Å². The Kier molecular flexibility index (Phi) is 5.21. The fraction of sp³-hybridized carbons (Fsp3) is 0.0455. The largest absolute Gasteiger partial charge is 0.359 e. The lowest BCUT2D eigenvalue weighted by molar-refractivity contribution is 0.104. The first-order valence-electron chi connectivity index (χ1n) is 7.97. The molecule has 0 spiro atoms. The Morgan fingerprint density at radius 2 is 1.29 bits per heavy atom. The Hall–Kier alpha value is -3.13. The van der Waals surface area contributed by atoms with Gasteiger partial charge in [-0.1, -0.05) is 78.9 Å². The van der Waals surface area contributed by atoms with Gasteiger partial charge in [-0.25, -0.2) is 0 Å². The molecule has 2 heteroatoms. The molecule has 0 amide bonds. The van der Waals surface area contributed by atoms with Gasteiger partial charge in [-0.05, 0) is 17.7 Å². The van der Waals surface area contributed by atoms with Crippen LogP contribution in [0.4, 0.5) is 5.69 Å². The summed E-state index contributed by atoms with van der Waals surface area (Å²) in [4.78, 5) is 12.5. The monoisotopic (exact) mass is 313 g/mol. The van der Waals surface area contributed by atoms with Crippen LogP contribution in [0.15, 0.2) is 103 Å². The van der Waals surface area contributed by atoms with Crippen molar-refractivity contribution in [1.29, 1.82) is 0 Å². The van der Waals surface area contributed by atoms with Gasteiger partial charge >= 0.3 is 0 Å². The van der Waals surface area contributed by atoms with Gasteiger partial charge in [0, 0.05) is 29.4 Å². The molecule has 0 unspecified atom stereocenters. The summed E-state index contributed by atoms with van der Waals surface area (Å²) < 4.78 is 0. The predicted octanol–water partition coefficient (Wildman–Crippen LogP) is 5.11. The van der Waals surface area contributed by atoms with E-state index in [-0.39, 0.29) is 5.78 Å². The van der Waals surface area contributed by atoms with Crippen molar-refractivity contribution in [3.8, 4) is 0 Å². The number of para-hydroxylation sites is 1. The zero-order chi connectivity index (χ0) is 16.6. The van der Waals surface area contributed by atoms with E-state index in [4.69, 9.17) is 0 Å². The third kappa shape index (κ3) is 4.43. The normalized spacial score (nSPS) is 11.1. The summed E-state index contributed by atoms with van der Waals surface area (Å²) in [6, 6.07) is 29.4. The van der Waals surface area contributed by atoms with Gasteiger partial charge in [0.15, 0.2) is 5.78 Å². The van der Waals surface area contributed by atoms with E-state index in [1.165, 1.54) is 0 Å². The lowest BCUT2D eigenvalue weighted by atomic mass is 10.1. The molecule has 118 valence electrons. The Balaban J connectivity index is 1.86.